The second-order valence-corrected chi connectivity index (χ2v) is 7.88. The number of aromatic nitrogens is 1. The normalized spacial score (nSPS) is 11.3. The lowest BCUT2D eigenvalue weighted by Crippen LogP contribution is -1.98. The van der Waals surface area contributed by atoms with Crippen LogP contribution in [0.15, 0.2) is 66.7 Å². The maximum atomic E-state index is 9.70. The molecule has 0 unspecified atom stereocenters. The van der Waals surface area contributed by atoms with Gasteiger partial charge in [-0.3, -0.25) is 0 Å². The third-order valence-corrected chi connectivity index (χ3v) is 5.92. The van der Waals surface area contributed by atoms with E-state index in [1.54, 1.807) is 13.2 Å². The first-order chi connectivity index (χ1) is 14.7. The first-order valence-corrected chi connectivity index (χ1v) is 10.4. The van der Waals surface area contributed by atoms with Crippen LogP contribution in [0, 0.1) is 11.3 Å². The SMILES string of the molecule is COc1ccc(/C=C(\C#N)c2nc3ccccc3s2)cc1OCc1ccccc1Cl. The van der Waals surface area contributed by atoms with Crippen LogP contribution in [0.2, 0.25) is 5.02 Å². The molecule has 1 aromatic heterocycles. The van der Waals surface area contributed by atoms with E-state index in [0.29, 0.717) is 33.7 Å². The average molecular weight is 433 g/mol. The minimum Gasteiger partial charge on any atom is -0.493 e. The summed E-state index contributed by atoms with van der Waals surface area (Å²) >= 11 is 7.72. The van der Waals surface area contributed by atoms with Gasteiger partial charge in [0.1, 0.15) is 17.7 Å². The van der Waals surface area contributed by atoms with Crippen LogP contribution in [0.5, 0.6) is 11.5 Å². The van der Waals surface area contributed by atoms with E-state index in [2.05, 4.69) is 11.1 Å². The maximum Gasteiger partial charge on any atom is 0.162 e. The first-order valence-electron chi connectivity index (χ1n) is 9.20. The molecule has 0 spiro atoms. The number of thiazole rings is 1. The van der Waals surface area contributed by atoms with Crippen LogP contribution in [-0.2, 0) is 6.61 Å². The molecule has 0 saturated carbocycles. The highest BCUT2D eigenvalue weighted by Gasteiger charge is 2.11. The van der Waals surface area contributed by atoms with Crippen LogP contribution < -0.4 is 9.47 Å². The van der Waals surface area contributed by atoms with E-state index >= 15 is 0 Å². The molecule has 0 radical (unpaired) electrons. The van der Waals surface area contributed by atoms with Crippen LogP contribution in [-0.4, -0.2) is 12.1 Å². The predicted octanol–water partition coefficient (Wildman–Crippen LogP) is 6.60. The summed E-state index contributed by atoms with van der Waals surface area (Å²) in [4.78, 5) is 4.58. The molecule has 4 aromatic rings. The number of allylic oxidation sites excluding steroid dienone is 1. The highest BCUT2D eigenvalue weighted by molar-refractivity contribution is 7.19. The molecule has 0 N–H and O–H groups in total. The standard InChI is InChI=1S/C24H17ClN2O2S/c1-28-21-11-10-16(13-22(21)29-15-17-6-2-3-7-19(17)25)12-18(14-26)24-27-20-8-4-5-9-23(20)30-24/h2-13H,15H2,1H3/b18-12+. The maximum absolute atomic E-state index is 9.70. The van der Waals surface area contributed by atoms with E-state index in [0.717, 1.165) is 21.3 Å². The first kappa shape index (κ1) is 20.0. The van der Waals surface area contributed by atoms with Crippen molar-refractivity contribution < 1.29 is 9.47 Å². The zero-order chi connectivity index (χ0) is 20.9. The lowest BCUT2D eigenvalue weighted by Gasteiger charge is -2.12. The minimum absolute atomic E-state index is 0.312. The van der Waals surface area contributed by atoms with E-state index in [4.69, 9.17) is 21.1 Å². The van der Waals surface area contributed by atoms with E-state index < -0.39 is 0 Å². The van der Waals surface area contributed by atoms with Crippen LogP contribution in [0.4, 0.5) is 0 Å². The summed E-state index contributed by atoms with van der Waals surface area (Å²) in [6.45, 7) is 0.312. The highest BCUT2D eigenvalue weighted by Crippen LogP contribution is 2.32. The molecule has 0 bridgehead atoms. The Morgan fingerprint density at radius 1 is 1.10 bits per heavy atom. The third-order valence-electron chi connectivity index (χ3n) is 4.48. The number of nitriles is 1. The number of benzene rings is 3. The van der Waals surface area contributed by atoms with Crippen molar-refractivity contribution in [1.29, 1.82) is 5.26 Å². The molecule has 4 nitrogen and oxygen atoms in total. The number of halogens is 1. The molecule has 0 atom stereocenters. The number of methoxy groups -OCH3 is 1. The zero-order valence-electron chi connectivity index (χ0n) is 16.1. The molecular formula is C24H17ClN2O2S. The van der Waals surface area contributed by atoms with Gasteiger partial charge >= 0.3 is 0 Å². The molecule has 0 aliphatic carbocycles. The Labute approximate surface area is 183 Å². The van der Waals surface area contributed by atoms with Crippen molar-refractivity contribution in [2.24, 2.45) is 0 Å². The summed E-state index contributed by atoms with van der Waals surface area (Å²) < 4.78 is 12.4. The fourth-order valence-corrected chi connectivity index (χ4v) is 4.08. The highest BCUT2D eigenvalue weighted by atomic mass is 35.5. The summed E-state index contributed by atoms with van der Waals surface area (Å²) in [5, 5.41) is 11.0. The van der Waals surface area contributed by atoms with Crippen LogP contribution in [0.1, 0.15) is 16.1 Å². The lowest BCUT2D eigenvalue weighted by atomic mass is 10.1. The van der Waals surface area contributed by atoms with Crippen molar-refractivity contribution in [3.63, 3.8) is 0 Å². The molecular weight excluding hydrogens is 416 g/mol. The predicted molar refractivity (Wildman–Crippen MR) is 122 cm³/mol. The molecule has 30 heavy (non-hydrogen) atoms. The van der Waals surface area contributed by atoms with E-state index in [1.165, 1.54) is 11.3 Å². The molecule has 0 aliphatic heterocycles. The van der Waals surface area contributed by atoms with E-state index in [-0.39, 0.29) is 0 Å². The number of ether oxygens (including phenoxy) is 2. The molecule has 1 heterocycles. The summed E-state index contributed by atoms with van der Waals surface area (Å²) in [7, 11) is 1.59. The Morgan fingerprint density at radius 3 is 2.67 bits per heavy atom. The number of hydrogen-bond donors (Lipinski definition) is 0. The van der Waals surface area contributed by atoms with Crippen molar-refractivity contribution in [3.8, 4) is 17.6 Å². The fraction of sp³-hybridized carbons (Fsp3) is 0.0833. The lowest BCUT2D eigenvalue weighted by molar-refractivity contribution is 0.284. The molecule has 3 aromatic carbocycles. The smallest absolute Gasteiger partial charge is 0.162 e. The molecule has 0 amide bonds. The van der Waals surface area contributed by atoms with E-state index in [1.807, 2.05) is 66.7 Å². The Kier molecular flexibility index (Phi) is 5.99. The summed E-state index contributed by atoms with van der Waals surface area (Å²) in [6.07, 6.45) is 1.81. The molecule has 0 aliphatic rings. The number of fused-ring (bicyclic) bond motifs is 1. The van der Waals surface area contributed by atoms with Gasteiger partial charge < -0.3 is 9.47 Å². The molecule has 4 rings (SSSR count). The number of hydrogen-bond acceptors (Lipinski definition) is 5. The van der Waals surface area contributed by atoms with Gasteiger partial charge in [0.25, 0.3) is 0 Å². The van der Waals surface area contributed by atoms with Crippen molar-refractivity contribution in [2.45, 2.75) is 6.61 Å². The Bertz CT molecular complexity index is 1240. The molecule has 0 fully saturated rings. The fourth-order valence-electron chi connectivity index (χ4n) is 2.96. The second-order valence-electron chi connectivity index (χ2n) is 6.45. The quantitative estimate of drug-likeness (QED) is 0.322. The van der Waals surface area contributed by atoms with Gasteiger partial charge in [0.05, 0.1) is 22.9 Å². The average Bonchev–Trinajstić information content (AvgIpc) is 3.21. The van der Waals surface area contributed by atoms with Crippen molar-refractivity contribution in [3.05, 3.63) is 87.9 Å². The van der Waals surface area contributed by atoms with Gasteiger partial charge in [-0.05, 0) is 42.0 Å². The number of nitrogens with zero attached hydrogens (tertiary/aromatic N) is 2. The van der Waals surface area contributed by atoms with Crippen molar-refractivity contribution >= 4 is 44.8 Å². The summed E-state index contributed by atoms with van der Waals surface area (Å²) in [5.74, 6) is 1.19. The Hall–Kier alpha value is -3.33. The topological polar surface area (TPSA) is 55.1 Å². The van der Waals surface area contributed by atoms with Crippen molar-refractivity contribution in [2.75, 3.05) is 7.11 Å². The second kappa shape index (κ2) is 9.00. The Balaban J connectivity index is 1.64. The van der Waals surface area contributed by atoms with Gasteiger partial charge in [-0.1, -0.05) is 48.0 Å². The molecule has 6 heteroatoms. The van der Waals surface area contributed by atoms with Gasteiger partial charge in [0, 0.05) is 10.6 Å². The van der Waals surface area contributed by atoms with Gasteiger partial charge in [-0.15, -0.1) is 11.3 Å². The van der Waals surface area contributed by atoms with Gasteiger partial charge in [0.15, 0.2) is 11.5 Å². The largest absolute Gasteiger partial charge is 0.493 e. The van der Waals surface area contributed by atoms with Gasteiger partial charge in [0.2, 0.25) is 0 Å². The summed E-state index contributed by atoms with van der Waals surface area (Å²) in [6, 6.07) is 23.2. The van der Waals surface area contributed by atoms with Crippen LogP contribution >= 0.6 is 22.9 Å². The van der Waals surface area contributed by atoms with Crippen LogP contribution in [0.3, 0.4) is 0 Å². The molecule has 148 valence electrons. The van der Waals surface area contributed by atoms with Crippen LogP contribution in [0.25, 0.3) is 21.9 Å². The number of rotatable bonds is 6. The van der Waals surface area contributed by atoms with Gasteiger partial charge in [-0.25, -0.2) is 4.98 Å². The summed E-state index contributed by atoms with van der Waals surface area (Å²) in [5.41, 5.74) is 3.09. The van der Waals surface area contributed by atoms with Crippen molar-refractivity contribution in [1.82, 2.24) is 4.98 Å². The zero-order valence-corrected chi connectivity index (χ0v) is 17.7. The van der Waals surface area contributed by atoms with Gasteiger partial charge in [-0.2, -0.15) is 5.26 Å². The number of para-hydroxylation sites is 1. The monoisotopic (exact) mass is 432 g/mol. The van der Waals surface area contributed by atoms with E-state index in [9.17, 15) is 5.26 Å². The minimum atomic E-state index is 0.312. The Morgan fingerprint density at radius 2 is 1.90 bits per heavy atom. The molecule has 0 saturated heterocycles. The third kappa shape index (κ3) is 4.30.